The molecule has 5 nitrogen and oxygen atoms in total. The van der Waals surface area contributed by atoms with Crippen molar-refractivity contribution in [1.82, 2.24) is 10.2 Å². The number of anilines is 1. The number of rotatable bonds is 5. The van der Waals surface area contributed by atoms with E-state index in [1.165, 1.54) is 0 Å². The standard InChI is InChI=1S/C17H13ClN4O/c18-16-10-11-17(22-20-16)21-19-12-13-6-8-15(9-7-13)23-14-4-2-1-3-5-14/h1-12H,(H,21,22)/b19-12-. The number of nitrogens with one attached hydrogen (secondary N) is 1. The molecule has 0 atom stereocenters. The smallest absolute Gasteiger partial charge is 0.168 e. The second kappa shape index (κ2) is 7.38. The van der Waals surface area contributed by atoms with Crippen LogP contribution in [0.15, 0.2) is 71.8 Å². The minimum Gasteiger partial charge on any atom is -0.457 e. The average molecular weight is 325 g/mol. The Kier molecular flexibility index (Phi) is 4.81. The Bertz CT molecular complexity index is 774. The van der Waals surface area contributed by atoms with Gasteiger partial charge in [-0.25, -0.2) is 0 Å². The molecule has 0 unspecified atom stereocenters. The second-order valence-corrected chi connectivity index (χ2v) is 4.98. The molecule has 3 aromatic rings. The van der Waals surface area contributed by atoms with Crippen LogP contribution in [-0.2, 0) is 0 Å². The predicted octanol–water partition coefficient (Wildman–Crippen LogP) is 4.37. The number of nitrogens with zero attached hydrogens (tertiary/aromatic N) is 3. The highest BCUT2D eigenvalue weighted by Gasteiger charge is 1.96. The van der Waals surface area contributed by atoms with E-state index in [9.17, 15) is 0 Å². The molecule has 1 N–H and O–H groups in total. The summed E-state index contributed by atoms with van der Waals surface area (Å²) in [5, 5.41) is 12.0. The van der Waals surface area contributed by atoms with E-state index in [0.29, 0.717) is 11.0 Å². The molecule has 0 aliphatic rings. The van der Waals surface area contributed by atoms with Crippen LogP contribution in [0, 0.1) is 0 Å². The third-order valence-electron chi connectivity index (χ3n) is 2.88. The van der Waals surface area contributed by atoms with Crippen molar-refractivity contribution in [3.8, 4) is 11.5 Å². The number of ether oxygens (including phenoxy) is 1. The highest BCUT2D eigenvalue weighted by molar-refractivity contribution is 6.29. The van der Waals surface area contributed by atoms with Gasteiger partial charge in [-0.2, -0.15) is 5.10 Å². The first-order valence-electron chi connectivity index (χ1n) is 6.91. The van der Waals surface area contributed by atoms with Gasteiger partial charge in [0.2, 0.25) is 0 Å². The van der Waals surface area contributed by atoms with E-state index in [1.807, 2.05) is 54.6 Å². The van der Waals surface area contributed by atoms with Crippen molar-refractivity contribution in [3.63, 3.8) is 0 Å². The van der Waals surface area contributed by atoms with Gasteiger partial charge < -0.3 is 4.74 Å². The molecule has 3 rings (SSSR count). The van der Waals surface area contributed by atoms with Gasteiger partial charge in [-0.15, -0.1) is 10.2 Å². The summed E-state index contributed by atoms with van der Waals surface area (Å²) in [6, 6.07) is 20.6. The Morgan fingerprint density at radius 3 is 2.30 bits per heavy atom. The monoisotopic (exact) mass is 324 g/mol. The Morgan fingerprint density at radius 2 is 1.61 bits per heavy atom. The van der Waals surface area contributed by atoms with Gasteiger partial charge in [-0.1, -0.05) is 29.8 Å². The maximum atomic E-state index is 5.73. The van der Waals surface area contributed by atoms with Crippen molar-refractivity contribution in [3.05, 3.63) is 77.4 Å². The molecule has 6 heteroatoms. The molecular formula is C17H13ClN4O. The number of halogens is 1. The quantitative estimate of drug-likeness (QED) is 0.559. The summed E-state index contributed by atoms with van der Waals surface area (Å²) in [4.78, 5) is 0. The van der Waals surface area contributed by atoms with E-state index in [4.69, 9.17) is 16.3 Å². The molecule has 1 aromatic heterocycles. The van der Waals surface area contributed by atoms with Gasteiger partial charge in [-0.05, 0) is 54.1 Å². The fourth-order valence-electron chi connectivity index (χ4n) is 1.80. The molecule has 114 valence electrons. The molecule has 0 saturated heterocycles. The molecule has 0 amide bonds. The lowest BCUT2D eigenvalue weighted by Crippen LogP contribution is -1.95. The minimum atomic E-state index is 0.341. The van der Waals surface area contributed by atoms with Crippen LogP contribution in [0.25, 0.3) is 0 Å². The van der Waals surface area contributed by atoms with E-state index in [-0.39, 0.29) is 0 Å². The summed E-state index contributed by atoms with van der Waals surface area (Å²) in [5.41, 5.74) is 3.71. The SMILES string of the molecule is Clc1ccc(N/N=C\c2ccc(Oc3ccccc3)cc2)nn1. The fourth-order valence-corrected chi connectivity index (χ4v) is 1.90. The van der Waals surface area contributed by atoms with Crippen LogP contribution in [0.2, 0.25) is 5.15 Å². The third kappa shape index (κ3) is 4.52. The van der Waals surface area contributed by atoms with E-state index < -0.39 is 0 Å². The van der Waals surface area contributed by atoms with Gasteiger partial charge in [-0.3, -0.25) is 5.43 Å². The zero-order valence-electron chi connectivity index (χ0n) is 12.1. The van der Waals surface area contributed by atoms with Gasteiger partial charge >= 0.3 is 0 Å². The molecule has 1 heterocycles. The van der Waals surface area contributed by atoms with Crippen LogP contribution in [-0.4, -0.2) is 16.4 Å². The normalized spacial score (nSPS) is 10.7. The van der Waals surface area contributed by atoms with Gasteiger partial charge in [0.15, 0.2) is 11.0 Å². The highest BCUT2D eigenvalue weighted by atomic mass is 35.5. The maximum Gasteiger partial charge on any atom is 0.168 e. The van der Waals surface area contributed by atoms with E-state index >= 15 is 0 Å². The molecule has 0 fully saturated rings. The Morgan fingerprint density at radius 1 is 0.870 bits per heavy atom. The van der Waals surface area contributed by atoms with Gasteiger partial charge in [0.25, 0.3) is 0 Å². The summed E-state index contributed by atoms with van der Waals surface area (Å²) in [5.74, 6) is 2.09. The molecule has 2 aromatic carbocycles. The van der Waals surface area contributed by atoms with Gasteiger partial charge in [0.05, 0.1) is 6.21 Å². The summed E-state index contributed by atoms with van der Waals surface area (Å²) in [6.07, 6.45) is 1.68. The Labute approximate surface area is 138 Å². The molecule has 0 bridgehead atoms. The molecule has 0 aliphatic carbocycles. The Balaban J connectivity index is 1.58. The average Bonchev–Trinajstić information content (AvgIpc) is 2.59. The van der Waals surface area contributed by atoms with Crippen LogP contribution in [0.1, 0.15) is 5.56 Å². The maximum absolute atomic E-state index is 5.73. The van der Waals surface area contributed by atoms with Gasteiger partial charge in [0, 0.05) is 0 Å². The zero-order chi connectivity index (χ0) is 15.9. The third-order valence-corrected chi connectivity index (χ3v) is 3.09. The number of benzene rings is 2. The van der Waals surface area contributed by atoms with Crippen LogP contribution >= 0.6 is 11.6 Å². The Hall–Kier alpha value is -2.92. The van der Waals surface area contributed by atoms with Crippen LogP contribution < -0.4 is 10.2 Å². The van der Waals surface area contributed by atoms with Crippen molar-refractivity contribution >= 4 is 23.6 Å². The van der Waals surface area contributed by atoms with Crippen molar-refractivity contribution in [2.75, 3.05) is 5.43 Å². The summed E-state index contributed by atoms with van der Waals surface area (Å²) in [6.45, 7) is 0. The van der Waals surface area contributed by atoms with Crippen LogP contribution in [0.3, 0.4) is 0 Å². The van der Waals surface area contributed by atoms with E-state index in [2.05, 4.69) is 20.7 Å². The first-order valence-corrected chi connectivity index (χ1v) is 7.29. The highest BCUT2D eigenvalue weighted by Crippen LogP contribution is 2.20. The van der Waals surface area contributed by atoms with Crippen LogP contribution in [0.4, 0.5) is 5.82 Å². The van der Waals surface area contributed by atoms with Crippen molar-refractivity contribution < 1.29 is 4.74 Å². The number of hydrogen-bond donors (Lipinski definition) is 1. The van der Waals surface area contributed by atoms with Crippen molar-refractivity contribution in [2.45, 2.75) is 0 Å². The van der Waals surface area contributed by atoms with E-state index in [0.717, 1.165) is 17.1 Å². The summed E-state index contributed by atoms with van der Waals surface area (Å²) < 4.78 is 5.73. The summed E-state index contributed by atoms with van der Waals surface area (Å²) >= 11 is 5.66. The first kappa shape index (κ1) is 15.0. The molecule has 0 spiro atoms. The number of hydrogen-bond acceptors (Lipinski definition) is 5. The molecule has 0 aliphatic heterocycles. The largest absolute Gasteiger partial charge is 0.457 e. The lowest BCUT2D eigenvalue weighted by Gasteiger charge is -2.05. The minimum absolute atomic E-state index is 0.341. The topological polar surface area (TPSA) is 59.4 Å². The molecular weight excluding hydrogens is 312 g/mol. The predicted molar refractivity (Wildman–Crippen MR) is 91.2 cm³/mol. The number of para-hydroxylation sites is 1. The molecule has 0 radical (unpaired) electrons. The number of aromatic nitrogens is 2. The van der Waals surface area contributed by atoms with Crippen molar-refractivity contribution in [2.24, 2.45) is 5.10 Å². The van der Waals surface area contributed by atoms with Crippen molar-refractivity contribution in [1.29, 1.82) is 0 Å². The lowest BCUT2D eigenvalue weighted by molar-refractivity contribution is 0.482. The second-order valence-electron chi connectivity index (χ2n) is 4.60. The number of hydrazone groups is 1. The lowest BCUT2D eigenvalue weighted by atomic mass is 10.2. The first-order chi connectivity index (χ1) is 11.3. The molecule has 0 saturated carbocycles. The van der Waals surface area contributed by atoms with Gasteiger partial charge in [0.1, 0.15) is 11.5 Å². The summed E-state index contributed by atoms with van der Waals surface area (Å²) in [7, 11) is 0. The van der Waals surface area contributed by atoms with Crippen LogP contribution in [0.5, 0.6) is 11.5 Å². The fraction of sp³-hybridized carbons (Fsp3) is 0. The zero-order valence-corrected chi connectivity index (χ0v) is 12.8. The molecule has 23 heavy (non-hydrogen) atoms. The van der Waals surface area contributed by atoms with E-state index in [1.54, 1.807) is 18.3 Å².